The fourth-order valence-electron chi connectivity index (χ4n) is 1.56. The molecule has 134 valence electrons. The topological polar surface area (TPSA) is 31.6 Å². The molecule has 3 nitrogen and oxygen atoms in total. The molecule has 1 aromatic heterocycles. The van der Waals surface area contributed by atoms with Gasteiger partial charge in [0.15, 0.2) is 16.6 Å². The number of hydrogen-bond donors (Lipinski definition) is 0. The minimum atomic E-state index is -1.77. The predicted octanol–water partition coefficient (Wildman–Crippen LogP) is 6.32. The van der Waals surface area contributed by atoms with Crippen LogP contribution in [0.5, 0.6) is 0 Å². The van der Waals surface area contributed by atoms with Gasteiger partial charge in [-0.25, -0.2) is 0 Å². The Balaban J connectivity index is 2.72. The zero-order valence-corrected chi connectivity index (χ0v) is 18.8. The molecule has 0 radical (unpaired) electrons. The van der Waals surface area contributed by atoms with E-state index in [1.165, 1.54) is 0 Å². The van der Waals surface area contributed by atoms with Crippen molar-refractivity contribution in [2.45, 2.75) is 91.0 Å². The maximum absolute atomic E-state index is 6.31. The van der Waals surface area contributed by atoms with Gasteiger partial charge in [0.05, 0.1) is 19.5 Å². The summed E-state index contributed by atoms with van der Waals surface area (Å²) in [5.74, 6) is 0.911. The van der Waals surface area contributed by atoms with Gasteiger partial charge < -0.3 is 13.3 Å². The van der Waals surface area contributed by atoms with E-state index in [0.29, 0.717) is 13.2 Å². The van der Waals surface area contributed by atoms with Crippen molar-refractivity contribution in [2.24, 2.45) is 0 Å². The lowest BCUT2D eigenvalue weighted by molar-refractivity contribution is 0.233. The minimum Gasteiger partial charge on any atom is -0.467 e. The van der Waals surface area contributed by atoms with Crippen LogP contribution in [0.4, 0.5) is 0 Å². The lowest BCUT2D eigenvalue weighted by Gasteiger charge is -2.36. The molecule has 0 fully saturated rings. The molecule has 1 heterocycles. The Labute approximate surface area is 145 Å². The van der Waals surface area contributed by atoms with Gasteiger partial charge in [-0.3, -0.25) is 0 Å². The van der Waals surface area contributed by atoms with E-state index in [0.717, 1.165) is 11.3 Å². The van der Waals surface area contributed by atoms with Crippen LogP contribution in [-0.2, 0) is 22.1 Å². The molecule has 0 saturated heterocycles. The van der Waals surface area contributed by atoms with Crippen molar-refractivity contribution in [2.75, 3.05) is 0 Å². The molecule has 1 rings (SSSR count). The molecule has 0 atom stereocenters. The Bertz CT molecular complexity index is 461. The van der Waals surface area contributed by atoms with Crippen molar-refractivity contribution >= 4 is 16.6 Å². The highest BCUT2D eigenvalue weighted by Gasteiger charge is 2.38. The van der Waals surface area contributed by atoms with Crippen molar-refractivity contribution in [3.63, 3.8) is 0 Å². The monoisotopic (exact) mass is 356 g/mol. The lowest BCUT2D eigenvalue weighted by atomic mass is 10.2. The molecular weight excluding hydrogens is 320 g/mol. The molecule has 0 spiro atoms. The van der Waals surface area contributed by atoms with Crippen molar-refractivity contribution < 1.29 is 13.3 Å². The van der Waals surface area contributed by atoms with Crippen LogP contribution in [0.15, 0.2) is 16.7 Å². The van der Waals surface area contributed by atoms with Crippen LogP contribution in [0.2, 0.25) is 36.3 Å². The summed E-state index contributed by atoms with van der Waals surface area (Å²) in [7, 11) is -3.51. The molecule has 0 aliphatic rings. The van der Waals surface area contributed by atoms with Crippen LogP contribution in [0, 0.1) is 0 Å². The maximum atomic E-state index is 6.31. The normalized spacial score (nSPS) is 14.3. The summed E-state index contributed by atoms with van der Waals surface area (Å²) in [5.41, 5.74) is 1.12. The second-order valence-corrected chi connectivity index (χ2v) is 19.1. The van der Waals surface area contributed by atoms with E-state index in [2.05, 4.69) is 67.7 Å². The molecule has 0 aromatic carbocycles. The molecule has 0 bridgehead atoms. The first-order chi connectivity index (χ1) is 10.2. The molecule has 5 heteroatoms. The Morgan fingerprint density at radius 2 is 1.26 bits per heavy atom. The maximum Gasteiger partial charge on any atom is 0.192 e. The second kappa shape index (κ2) is 6.86. The van der Waals surface area contributed by atoms with E-state index in [1.807, 2.05) is 6.07 Å². The van der Waals surface area contributed by atoms with Gasteiger partial charge in [0.25, 0.3) is 0 Å². The molecule has 0 amide bonds. The first kappa shape index (κ1) is 20.7. The van der Waals surface area contributed by atoms with E-state index in [4.69, 9.17) is 13.3 Å². The third-order valence-corrected chi connectivity index (χ3v) is 14.6. The molecule has 0 aliphatic carbocycles. The predicted molar refractivity (Wildman–Crippen MR) is 103 cm³/mol. The van der Waals surface area contributed by atoms with E-state index >= 15 is 0 Å². The number of furan rings is 1. The third kappa shape index (κ3) is 5.31. The summed E-state index contributed by atoms with van der Waals surface area (Å²) in [4.78, 5) is 0. The van der Waals surface area contributed by atoms with Gasteiger partial charge in [-0.2, -0.15) is 0 Å². The van der Waals surface area contributed by atoms with Gasteiger partial charge in [-0.15, -0.1) is 0 Å². The van der Waals surface area contributed by atoms with Gasteiger partial charge in [0.2, 0.25) is 0 Å². The molecular formula is C18H36O3Si2. The zero-order valence-electron chi connectivity index (χ0n) is 16.8. The Kier molecular flexibility index (Phi) is 6.17. The van der Waals surface area contributed by atoms with Crippen molar-refractivity contribution in [3.05, 3.63) is 23.7 Å². The standard InChI is InChI=1S/C18H36O3Si2/c1-17(2,3)22(7,8)20-13-15-11-12-19-16(15)14-21-23(9,10)18(4,5)6/h11-12H,13-14H2,1-10H3. The summed E-state index contributed by atoms with van der Waals surface area (Å²) >= 11 is 0. The molecule has 1 aromatic rings. The van der Waals surface area contributed by atoms with E-state index in [-0.39, 0.29) is 10.1 Å². The SMILES string of the molecule is CC(C)(C)[Si](C)(C)OCc1ccoc1CO[Si](C)(C)C(C)(C)C. The Morgan fingerprint density at radius 3 is 1.70 bits per heavy atom. The third-order valence-electron chi connectivity index (χ3n) is 5.60. The summed E-state index contributed by atoms with van der Waals surface area (Å²) in [6.07, 6.45) is 1.74. The fraction of sp³-hybridized carbons (Fsp3) is 0.778. The largest absolute Gasteiger partial charge is 0.467 e. The summed E-state index contributed by atoms with van der Waals surface area (Å²) in [6.45, 7) is 23.8. The van der Waals surface area contributed by atoms with Crippen LogP contribution in [0.3, 0.4) is 0 Å². The first-order valence-corrected chi connectivity index (χ1v) is 14.3. The van der Waals surface area contributed by atoms with Gasteiger partial charge in [-0.05, 0) is 42.3 Å². The molecule has 0 saturated carbocycles. The highest BCUT2D eigenvalue weighted by Crippen LogP contribution is 2.38. The molecule has 0 unspecified atom stereocenters. The number of rotatable bonds is 6. The zero-order chi connectivity index (χ0) is 18.1. The van der Waals surface area contributed by atoms with Crippen molar-refractivity contribution in [3.8, 4) is 0 Å². The fourth-order valence-corrected chi connectivity index (χ4v) is 3.43. The lowest BCUT2D eigenvalue weighted by Crippen LogP contribution is -2.41. The average Bonchev–Trinajstić information content (AvgIpc) is 2.78. The number of hydrogen-bond acceptors (Lipinski definition) is 3. The van der Waals surface area contributed by atoms with Gasteiger partial charge in [0.1, 0.15) is 5.76 Å². The minimum absolute atomic E-state index is 0.206. The molecule has 23 heavy (non-hydrogen) atoms. The molecule has 0 N–H and O–H groups in total. The second-order valence-electron chi connectivity index (χ2n) is 9.47. The highest BCUT2D eigenvalue weighted by atomic mass is 28.4. The summed E-state index contributed by atoms with van der Waals surface area (Å²) in [6, 6.07) is 2.01. The van der Waals surface area contributed by atoms with Gasteiger partial charge in [-0.1, -0.05) is 41.5 Å². The first-order valence-electron chi connectivity index (χ1n) is 8.50. The van der Waals surface area contributed by atoms with Crippen LogP contribution < -0.4 is 0 Å². The summed E-state index contributed by atoms with van der Waals surface area (Å²) in [5, 5.41) is 0.423. The summed E-state index contributed by atoms with van der Waals surface area (Å²) < 4.78 is 18.2. The van der Waals surface area contributed by atoms with Crippen LogP contribution >= 0.6 is 0 Å². The van der Waals surface area contributed by atoms with Gasteiger partial charge in [0, 0.05) is 5.56 Å². The van der Waals surface area contributed by atoms with Crippen LogP contribution in [-0.4, -0.2) is 16.6 Å². The highest BCUT2D eigenvalue weighted by molar-refractivity contribution is 6.74. The van der Waals surface area contributed by atoms with Gasteiger partial charge >= 0.3 is 0 Å². The van der Waals surface area contributed by atoms with Crippen LogP contribution in [0.1, 0.15) is 52.9 Å². The van der Waals surface area contributed by atoms with Crippen molar-refractivity contribution in [1.29, 1.82) is 0 Å². The average molecular weight is 357 g/mol. The van der Waals surface area contributed by atoms with E-state index < -0.39 is 16.6 Å². The Hall–Kier alpha value is -0.366. The smallest absolute Gasteiger partial charge is 0.192 e. The van der Waals surface area contributed by atoms with E-state index in [9.17, 15) is 0 Å². The van der Waals surface area contributed by atoms with Crippen LogP contribution in [0.25, 0.3) is 0 Å². The quantitative estimate of drug-likeness (QED) is 0.559. The van der Waals surface area contributed by atoms with E-state index in [1.54, 1.807) is 6.26 Å². The van der Waals surface area contributed by atoms with Crippen molar-refractivity contribution in [1.82, 2.24) is 0 Å². The Morgan fingerprint density at radius 1 is 0.826 bits per heavy atom. The molecule has 0 aliphatic heterocycles.